The van der Waals surface area contributed by atoms with Gasteiger partial charge < -0.3 is 9.30 Å². The Morgan fingerprint density at radius 1 is 1.60 bits per heavy atom. The lowest BCUT2D eigenvalue weighted by Gasteiger charge is -2.02. The van der Waals surface area contributed by atoms with Crippen molar-refractivity contribution in [3.05, 3.63) is 23.7 Å². The lowest BCUT2D eigenvalue weighted by molar-refractivity contribution is -0.141. The van der Waals surface area contributed by atoms with Gasteiger partial charge in [0.25, 0.3) is 0 Å². The Kier molecular flexibility index (Phi) is 2.55. The first-order valence-corrected chi connectivity index (χ1v) is 4.62. The fourth-order valence-electron chi connectivity index (χ4n) is 1.30. The number of ether oxygens (including phenoxy) is 1. The minimum atomic E-state index is -0.331. The summed E-state index contributed by atoms with van der Waals surface area (Å²) in [7, 11) is 1.34. The van der Waals surface area contributed by atoms with E-state index in [0.717, 1.165) is 5.39 Å². The monoisotopic (exact) mass is 225 g/mol. The summed E-state index contributed by atoms with van der Waals surface area (Å²) in [5.41, 5.74) is 0.625. The summed E-state index contributed by atoms with van der Waals surface area (Å²) in [6.45, 7) is 0.118. The molecule has 0 aromatic carbocycles. The molecule has 0 atom stereocenters. The van der Waals surface area contributed by atoms with E-state index in [2.05, 4.69) is 14.7 Å². The molecule has 0 unspecified atom stereocenters. The predicted molar refractivity (Wildman–Crippen MR) is 54.6 cm³/mol. The maximum absolute atomic E-state index is 11.1. The van der Waals surface area contributed by atoms with Crippen LogP contribution in [0.4, 0.5) is 0 Å². The van der Waals surface area contributed by atoms with Crippen molar-refractivity contribution in [3.8, 4) is 0 Å². The van der Waals surface area contributed by atoms with Crippen LogP contribution in [0.15, 0.2) is 18.6 Å². The lowest BCUT2D eigenvalue weighted by atomic mass is 10.4. The van der Waals surface area contributed by atoms with Gasteiger partial charge in [0.1, 0.15) is 23.7 Å². The minimum absolute atomic E-state index is 0.118. The Hall–Kier alpha value is -1.62. The van der Waals surface area contributed by atoms with Crippen LogP contribution in [-0.4, -0.2) is 27.6 Å². The molecular formula is C9H8ClN3O2. The quantitative estimate of drug-likeness (QED) is 0.570. The number of hydrogen-bond donors (Lipinski definition) is 0. The first kappa shape index (κ1) is 9.92. The van der Waals surface area contributed by atoms with Crippen LogP contribution in [0.25, 0.3) is 11.0 Å². The molecule has 2 aromatic rings. The van der Waals surface area contributed by atoms with Gasteiger partial charge in [-0.25, -0.2) is 9.97 Å². The summed E-state index contributed by atoms with van der Waals surface area (Å²) in [5, 5.41) is 1.10. The molecule has 0 N–H and O–H groups in total. The Bertz CT molecular complexity index is 509. The molecule has 15 heavy (non-hydrogen) atoms. The zero-order chi connectivity index (χ0) is 10.8. The van der Waals surface area contributed by atoms with Crippen LogP contribution in [0.3, 0.4) is 0 Å². The second-order valence-electron chi connectivity index (χ2n) is 2.92. The van der Waals surface area contributed by atoms with Crippen molar-refractivity contribution in [2.75, 3.05) is 7.11 Å². The molecular weight excluding hydrogens is 218 g/mol. The van der Waals surface area contributed by atoms with Crippen LogP contribution in [0.5, 0.6) is 0 Å². The zero-order valence-corrected chi connectivity index (χ0v) is 8.73. The van der Waals surface area contributed by atoms with E-state index in [0.29, 0.717) is 10.8 Å². The van der Waals surface area contributed by atoms with Crippen LogP contribution >= 0.6 is 11.6 Å². The fraction of sp³-hybridized carbons (Fsp3) is 0.222. The van der Waals surface area contributed by atoms with E-state index in [4.69, 9.17) is 11.6 Å². The molecule has 2 rings (SSSR count). The number of halogens is 1. The van der Waals surface area contributed by atoms with Gasteiger partial charge in [-0.05, 0) is 6.07 Å². The van der Waals surface area contributed by atoms with Crippen LogP contribution in [0.2, 0.25) is 5.15 Å². The molecule has 0 radical (unpaired) electrons. The third-order valence-corrected chi connectivity index (χ3v) is 2.34. The molecule has 0 aliphatic heterocycles. The topological polar surface area (TPSA) is 57.0 Å². The first-order valence-electron chi connectivity index (χ1n) is 4.24. The van der Waals surface area contributed by atoms with Crippen molar-refractivity contribution in [1.82, 2.24) is 14.5 Å². The third-order valence-electron chi connectivity index (χ3n) is 2.03. The van der Waals surface area contributed by atoms with Gasteiger partial charge in [0.05, 0.1) is 12.5 Å². The molecule has 0 fully saturated rings. The number of carbonyl (C=O) groups excluding carboxylic acids is 1. The van der Waals surface area contributed by atoms with Crippen molar-refractivity contribution in [1.29, 1.82) is 0 Å². The number of hydrogen-bond acceptors (Lipinski definition) is 4. The summed E-state index contributed by atoms with van der Waals surface area (Å²) in [5.74, 6) is -0.331. The molecule has 0 bridgehead atoms. The standard InChI is InChI=1S/C9H8ClN3O2/c1-15-7(14)4-13-3-2-6-8(10)11-5-12-9(6)13/h2-3,5H,4H2,1H3. The molecule has 2 heterocycles. The van der Waals surface area contributed by atoms with Crippen molar-refractivity contribution in [2.45, 2.75) is 6.54 Å². The van der Waals surface area contributed by atoms with Crippen LogP contribution < -0.4 is 0 Å². The highest BCUT2D eigenvalue weighted by Gasteiger charge is 2.09. The van der Waals surface area contributed by atoms with Crippen LogP contribution in [0, 0.1) is 0 Å². The van der Waals surface area contributed by atoms with Crippen LogP contribution in [-0.2, 0) is 16.1 Å². The number of nitrogens with zero attached hydrogens (tertiary/aromatic N) is 3. The van der Waals surface area contributed by atoms with E-state index in [-0.39, 0.29) is 12.5 Å². The van der Waals surface area contributed by atoms with Crippen LogP contribution in [0.1, 0.15) is 0 Å². The van der Waals surface area contributed by atoms with Gasteiger partial charge in [0.2, 0.25) is 0 Å². The molecule has 6 heteroatoms. The maximum Gasteiger partial charge on any atom is 0.325 e. The van der Waals surface area contributed by atoms with Gasteiger partial charge in [-0.2, -0.15) is 0 Å². The summed E-state index contributed by atoms with van der Waals surface area (Å²) >= 11 is 5.86. The molecule has 0 saturated carbocycles. The van der Waals surface area contributed by atoms with Gasteiger partial charge in [0.15, 0.2) is 0 Å². The van der Waals surface area contributed by atoms with E-state index in [1.165, 1.54) is 13.4 Å². The predicted octanol–water partition coefficient (Wildman–Crippen LogP) is 1.26. The normalized spacial score (nSPS) is 10.5. The number of rotatable bonds is 2. The summed E-state index contributed by atoms with van der Waals surface area (Å²) in [4.78, 5) is 19.0. The van der Waals surface area contributed by atoms with Crippen molar-refractivity contribution >= 4 is 28.6 Å². The number of methoxy groups -OCH3 is 1. The molecule has 0 aliphatic carbocycles. The van der Waals surface area contributed by atoms with Gasteiger partial charge in [-0.15, -0.1) is 0 Å². The highest BCUT2D eigenvalue weighted by molar-refractivity contribution is 6.33. The van der Waals surface area contributed by atoms with E-state index in [1.807, 2.05) is 0 Å². The maximum atomic E-state index is 11.1. The number of carbonyl (C=O) groups is 1. The van der Waals surface area contributed by atoms with E-state index < -0.39 is 0 Å². The van der Waals surface area contributed by atoms with Crippen molar-refractivity contribution < 1.29 is 9.53 Å². The highest BCUT2D eigenvalue weighted by atomic mass is 35.5. The van der Waals surface area contributed by atoms with Crippen molar-refractivity contribution in [3.63, 3.8) is 0 Å². The van der Waals surface area contributed by atoms with E-state index in [1.54, 1.807) is 16.8 Å². The summed E-state index contributed by atoms with van der Waals surface area (Å²) < 4.78 is 6.23. The fourth-order valence-corrected chi connectivity index (χ4v) is 1.50. The molecule has 2 aromatic heterocycles. The van der Waals surface area contributed by atoms with Crippen molar-refractivity contribution in [2.24, 2.45) is 0 Å². The second kappa shape index (κ2) is 3.86. The molecule has 0 spiro atoms. The average molecular weight is 226 g/mol. The van der Waals surface area contributed by atoms with Gasteiger partial charge in [-0.3, -0.25) is 4.79 Å². The Balaban J connectivity index is 2.45. The zero-order valence-electron chi connectivity index (χ0n) is 7.98. The largest absolute Gasteiger partial charge is 0.468 e. The smallest absolute Gasteiger partial charge is 0.325 e. The van der Waals surface area contributed by atoms with E-state index in [9.17, 15) is 4.79 Å². The Morgan fingerprint density at radius 2 is 2.40 bits per heavy atom. The number of fused-ring (bicyclic) bond motifs is 1. The highest BCUT2D eigenvalue weighted by Crippen LogP contribution is 2.19. The Morgan fingerprint density at radius 3 is 3.13 bits per heavy atom. The third kappa shape index (κ3) is 1.78. The molecule has 0 aliphatic rings. The van der Waals surface area contributed by atoms with Gasteiger partial charge in [-0.1, -0.05) is 11.6 Å². The SMILES string of the molecule is COC(=O)Cn1ccc2c(Cl)ncnc21. The molecule has 0 saturated heterocycles. The molecule has 78 valence electrons. The second-order valence-corrected chi connectivity index (χ2v) is 3.28. The molecule has 0 amide bonds. The van der Waals surface area contributed by atoms with Gasteiger partial charge >= 0.3 is 5.97 Å². The van der Waals surface area contributed by atoms with E-state index >= 15 is 0 Å². The lowest BCUT2D eigenvalue weighted by Crippen LogP contribution is -2.10. The number of esters is 1. The average Bonchev–Trinajstić information content (AvgIpc) is 2.63. The Labute approximate surface area is 90.6 Å². The summed E-state index contributed by atoms with van der Waals surface area (Å²) in [6, 6.07) is 1.76. The van der Waals surface area contributed by atoms with Gasteiger partial charge in [0, 0.05) is 6.20 Å². The minimum Gasteiger partial charge on any atom is -0.468 e. The summed E-state index contributed by atoms with van der Waals surface area (Å²) in [6.07, 6.45) is 3.08. The molecule has 5 nitrogen and oxygen atoms in total. The first-order chi connectivity index (χ1) is 7.22. The number of aromatic nitrogens is 3.